The molecule has 23 heavy (non-hydrogen) atoms. The summed E-state index contributed by atoms with van der Waals surface area (Å²) in [5.41, 5.74) is 1.79. The van der Waals surface area contributed by atoms with Crippen molar-refractivity contribution in [1.29, 1.82) is 0 Å². The predicted octanol–water partition coefficient (Wildman–Crippen LogP) is 1.98. The first kappa shape index (κ1) is 16.4. The summed E-state index contributed by atoms with van der Waals surface area (Å²) in [7, 11) is 0. The molecule has 0 N–H and O–H groups in total. The van der Waals surface area contributed by atoms with E-state index in [1.807, 2.05) is 31.2 Å². The van der Waals surface area contributed by atoms with Gasteiger partial charge >= 0.3 is 0 Å². The molecule has 1 aromatic carbocycles. The Morgan fingerprint density at radius 1 is 1.35 bits per heavy atom. The van der Waals surface area contributed by atoms with Crippen molar-refractivity contribution >= 4 is 45.8 Å². The van der Waals surface area contributed by atoms with Gasteiger partial charge in [-0.15, -0.1) is 0 Å². The second-order valence-corrected chi connectivity index (χ2v) is 7.37. The lowest BCUT2D eigenvalue weighted by atomic mass is 10.1. The minimum Gasteiger partial charge on any atom is -0.378 e. The lowest BCUT2D eigenvalue weighted by Crippen LogP contribution is -2.42. The van der Waals surface area contributed by atoms with Crippen molar-refractivity contribution in [3.63, 3.8) is 0 Å². The zero-order chi connectivity index (χ0) is 16.4. The average molecular weight is 350 g/mol. The van der Waals surface area contributed by atoms with E-state index in [0.717, 1.165) is 11.3 Å². The standard InChI is InChI=1S/C16H18N2O3S2/c1-11-4-2-3-5-12(11)18-15(20)13(23-16(18)22)10-14(19)17-6-8-21-9-7-17/h2-5,13H,6-10H2,1H3. The third-order valence-electron chi connectivity index (χ3n) is 4.00. The van der Waals surface area contributed by atoms with E-state index in [4.69, 9.17) is 17.0 Å². The number of carbonyl (C=O) groups excluding carboxylic acids is 2. The number of hydrogen-bond donors (Lipinski definition) is 0. The summed E-state index contributed by atoms with van der Waals surface area (Å²) < 4.78 is 5.77. The number of thioether (sulfide) groups is 1. The zero-order valence-corrected chi connectivity index (χ0v) is 14.5. The van der Waals surface area contributed by atoms with E-state index in [1.54, 1.807) is 9.80 Å². The second kappa shape index (κ2) is 6.98. The summed E-state index contributed by atoms with van der Waals surface area (Å²) in [5, 5.41) is -0.433. The lowest BCUT2D eigenvalue weighted by molar-refractivity contribution is -0.136. The first-order chi connectivity index (χ1) is 11.1. The molecule has 7 heteroatoms. The van der Waals surface area contributed by atoms with Crippen LogP contribution in [0.4, 0.5) is 5.69 Å². The molecule has 2 aliphatic rings. The fourth-order valence-electron chi connectivity index (χ4n) is 2.72. The Hall–Kier alpha value is -1.44. The van der Waals surface area contributed by atoms with Crippen molar-refractivity contribution < 1.29 is 14.3 Å². The van der Waals surface area contributed by atoms with Crippen LogP contribution in [0.1, 0.15) is 12.0 Å². The number of carbonyl (C=O) groups is 2. The molecule has 0 aromatic heterocycles. The van der Waals surface area contributed by atoms with Gasteiger partial charge < -0.3 is 9.64 Å². The molecule has 0 aliphatic carbocycles. The number of benzene rings is 1. The smallest absolute Gasteiger partial charge is 0.246 e. The Labute approximate surface area is 145 Å². The molecule has 2 fully saturated rings. The van der Waals surface area contributed by atoms with Gasteiger partial charge in [-0.05, 0) is 18.6 Å². The highest BCUT2D eigenvalue weighted by molar-refractivity contribution is 8.25. The summed E-state index contributed by atoms with van der Waals surface area (Å²) >= 11 is 6.68. The second-order valence-electron chi connectivity index (χ2n) is 5.53. The molecule has 5 nitrogen and oxygen atoms in total. The van der Waals surface area contributed by atoms with Gasteiger partial charge in [0, 0.05) is 19.5 Å². The Bertz CT molecular complexity index is 644. The minimum absolute atomic E-state index is 0.00594. The molecule has 2 aliphatic heterocycles. The fraction of sp³-hybridized carbons (Fsp3) is 0.438. The van der Waals surface area contributed by atoms with Gasteiger partial charge in [0.2, 0.25) is 11.8 Å². The van der Waals surface area contributed by atoms with Crippen LogP contribution in [0, 0.1) is 6.92 Å². The molecule has 0 saturated carbocycles. The Kier molecular flexibility index (Phi) is 4.99. The first-order valence-corrected chi connectivity index (χ1v) is 8.82. The number of amides is 2. The number of nitrogens with zero attached hydrogens (tertiary/aromatic N) is 2. The molecule has 1 unspecified atom stereocenters. The van der Waals surface area contributed by atoms with Crippen LogP contribution < -0.4 is 4.90 Å². The van der Waals surface area contributed by atoms with Crippen molar-refractivity contribution in [2.45, 2.75) is 18.6 Å². The van der Waals surface area contributed by atoms with Crippen LogP contribution in [-0.2, 0) is 14.3 Å². The fourth-order valence-corrected chi connectivity index (χ4v) is 4.23. The summed E-state index contributed by atoms with van der Waals surface area (Å²) in [6.07, 6.45) is 0.187. The number of aryl methyl sites for hydroxylation is 1. The van der Waals surface area contributed by atoms with Crippen LogP contribution in [0.5, 0.6) is 0 Å². The van der Waals surface area contributed by atoms with Gasteiger partial charge in [0.15, 0.2) is 0 Å². The number of anilines is 1. The van der Waals surface area contributed by atoms with E-state index >= 15 is 0 Å². The molecule has 0 radical (unpaired) electrons. The molecule has 122 valence electrons. The summed E-state index contributed by atoms with van der Waals surface area (Å²) in [6.45, 7) is 4.26. The van der Waals surface area contributed by atoms with Crippen molar-refractivity contribution in [2.75, 3.05) is 31.2 Å². The molecule has 2 heterocycles. The maximum atomic E-state index is 12.7. The van der Waals surface area contributed by atoms with E-state index < -0.39 is 5.25 Å². The van der Waals surface area contributed by atoms with Gasteiger partial charge in [-0.25, -0.2) is 0 Å². The predicted molar refractivity (Wildman–Crippen MR) is 94.7 cm³/mol. The van der Waals surface area contributed by atoms with Gasteiger partial charge in [0.1, 0.15) is 9.57 Å². The van der Waals surface area contributed by atoms with E-state index in [-0.39, 0.29) is 18.2 Å². The maximum absolute atomic E-state index is 12.7. The molecule has 1 aromatic rings. The largest absolute Gasteiger partial charge is 0.378 e. The number of rotatable bonds is 3. The van der Waals surface area contributed by atoms with E-state index in [1.165, 1.54) is 11.8 Å². The number of hydrogen-bond acceptors (Lipinski definition) is 5. The highest BCUT2D eigenvalue weighted by Gasteiger charge is 2.40. The van der Waals surface area contributed by atoms with Crippen molar-refractivity contribution in [3.8, 4) is 0 Å². The average Bonchev–Trinajstić information content (AvgIpc) is 2.83. The molecule has 2 amide bonds. The van der Waals surface area contributed by atoms with Crippen molar-refractivity contribution in [2.24, 2.45) is 0 Å². The highest BCUT2D eigenvalue weighted by Crippen LogP contribution is 2.35. The van der Waals surface area contributed by atoms with Crippen LogP contribution in [0.3, 0.4) is 0 Å². The number of para-hydroxylation sites is 1. The maximum Gasteiger partial charge on any atom is 0.246 e. The number of thiocarbonyl (C=S) groups is 1. The number of morpholine rings is 1. The summed E-state index contributed by atoms with van der Waals surface area (Å²) in [4.78, 5) is 28.4. The normalized spacial score (nSPS) is 21.9. The van der Waals surface area contributed by atoms with Gasteiger partial charge in [-0.3, -0.25) is 14.5 Å². The van der Waals surface area contributed by atoms with E-state index in [0.29, 0.717) is 30.6 Å². The molecular formula is C16H18N2O3S2. The molecule has 0 bridgehead atoms. The first-order valence-electron chi connectivity index (χ1n) is 7.53. The zero-order valence-electron chi connectivity index (χ0n) is 12.9. The highest BCUT2D eigenvalue weighted by atomic mass is 32.2. The summed E-state index contributed by atoms with van der Waals surface area (Å²) in [5.74, 6) is -0.107. The Morgan fingerprint density at radius 3 is 2.74 bits per heavy atom. The van der Waals surface area contributed by atoms with Crippen LogP contribution in [-0.4, -0.2) is 52.6 Å². The Balaban J connectivity index is 1.71. The van der Waals surface area contributed by atoms with Gasteiger partial charge in [-0.1, -0.05) is 42.2 Å². The van der Waals surface area contributed by atoms with Crippen LogP contribution in [0.25, 0.3) is 0 Å². The summed E-state index contributed by atoms with van der Waals surface area (Å²) in [6, 6.07) is 7.64. The van der Waals surface area contributed by atoms with Gasteiger partial charge in [0.05, 0.1) is 18.9 Å². The van der Waals surface area contributed by atoms with Crippen LogP contribution in [0.15, 0.2) is 24.3 Å². The third kappa shape index (κ3) is 3.41. The monoisotopic (exact) mass is 350 g/mol. The minimum atomic E-state index is -0.433. The molecule has 3 rings (SSSR count). The van der Waals surface area contributed by atoms with Gasteiger partial charge in [0.25, 0.3) is 0 Å². The van der Waals surface area contributed by atoms with E-state index in [9.17, 15) is 9.59 Å². The van der Waals surface area contributed by atoms with Crippen molar-refractivity contribution in [1.82, 2.24) is 4.90 Å². The molecule has 2 saturated heterocycles. The van der Waals surface area contributed by atoms with Crippen molar-refractivity contribution in [3.05, 3.63) is 29.8 Å². The lowest BCUT2D eigenvalue weighted by Gasteiger charge is -2.27. The van der Waals surface area contributed by atoms with Crippen LogP contribution >= 0.6 is 24.0 Å². The molecule has 1 atom stereocenters. The topological polar surface area (TPSA) is 49.9 Å². The Morgan fingerprint density at radius 2 is 2.04 bits per heavy atom. The van der Waals surface area contributed by atoms with Gasteiger partial charge in [-0.2, -0.15) is 0 Å². The quantitative estimate of drug-likeness (QED) is 0.780. The number of ether oxygens (including phenoxy) is 1. The SMILES string of the molecule is Cc1ccccc1N1C(=O)C(CC(=O)N2CCOCC2)SC1=S. The third-order valence-corrected chi connectivity index (χ3v) is 5.51. The molecule has 0 spiro atoms. The molecular weight excluding hydrogens is 332 g/mol. The van der Waals surface area contributed by atoms with E-state index in [2.05, 4.69) is 0 Å². The van der Waals surface area contributed by atoms with Crippen LogP contribution in [0.2, 0.25) is 0 Å².